The molecule has 0 bridgehead atoms. The molecule has 252 valence electrons. The molecule has 6 aromatic carbocycles. The third kappa shape index (κ3) is 5.73. The number of phenols is 1. The molecule has 51 heavy (non-hydrogen) atoms. The molecule has 0 amide bonds. The van der Waals surface area contributed by atoms with E-state index in [-0.39, 0.29) is 11.8 Å². The molecule has 1 aromatic heterocycles. The molecule has 0 aliphatic heterocycles. The van der Waals surface area contributed by atoms with Crippen molar-refractivity contribution in [3.8, 4) is 45.7 Å². The van der Waals surface area contributed by atoms with Crippen LogP contribution in [0.4, 0.5) is 0 Å². The Bertz CT molecular complexity index is 2280. The predicted octanol–water partition coefficient (Wildman–Crippen LogP) is 11.0. The minimum atomic E-state index is -0.590. The van der Waals surface area contributed by atoms with Crippen LogP contribution in [0, 0.1) is 5.92 Å². The first-order valence-corrected chi connectivity index (χ1v) is 18.1. The molecule has 0 saturated heterocycles. The molecule has 0 fully saturated rings. The lowest BCUT2D eigenvalue weighted by atomic mass is 9.67. The van der Waals surface area contributed by atoms with E-state index in [4.69, 9.17) is 19.7 Å². The number of unbranched alkanes of at least 4 members (excludes halogenated alkanes) is 1. The van der Waals surface area contributed by atoms with E-state index in [2.05, 4.69) is 129 Å². The number of para-hydroxylation sites is 1. The van der Waals surface area contributed by atoms with Crippen molar-refractivity contribution in [2.24, 2.45) is 5.92 Å². The third-order valence-electron chi connectivity index (χ3n) is 10.4. The van der Waals surface area contributed by atoms with Crippen molar-refractivity contribution in [1.29, 1.82) is 0 Å². The Hall–Kier alpha value is -5.81. The fourth-order valence-corrected chi connectivity index (χ4v) is 7.82. The number of phenolic OH excluding ortho intramolecular Hbond substituents is 1. The summed E-state index contributed by atoms with van der Waals surface area (Å²) in [5.41, 5.74) is 8.02. The molecule has 1 N–H and O–H groups in total. The van der Waals surface area contributed by atoms with E-state index in [1.54, 1.807) is 12.1 Å². The zero-order chi connectivity index (χ0) is 34.8. The van der Waals surface area contributed by atoms with Crippen LogP contribution in [0.3, 0.4) is 0 Å². The Morgan fingerprint density at radius 1 is 0.647 bits per heavy atom. The van der Waals surface area contributed by atoms with Gasteiger partial charge in [-0.05, 0) is 74.7 Å². The van der Waals surface area contributed by atoms with E-state index < -0.39 is 5.41 Å². The number of rotatable bonds is 11. The maximum atomic E-state index is 10.9. The van der Waals surface area contributed by atoms with Crippen LogP contribution in [-0.4, -0.2) is 26.7 Å². The minimum absolute atomic E-state index is 0.110. The second-order valence-corrected chi connectivity index (χ2v) is 13.5. The largest absolute Gasteiger partial charge is 0.507 e. The third-order valence-corrected chi connectivity index (χ3v) is 10.4. The maximum absolute atomic E-state index is 10.9. The van der Waals surface area contributed by atoms with E-state index in [0.717, 1.165) is 31.2 Å². The Labute approximate surface area is 299 Å². The number of ether oxygens (including phenoxy) is 1. The van der Waals surface area contributed by atoms with Gasteiger partial charge in [-0.25, -0.2) is 4.98 Å². The topological polar surface area (TPSA) is 68.1 Å². The van der Waals surface area contributed by atoms with Crippen LogP contribution in [0.5, 0.6) is 11.8 Å². The second-order valence-electron chi connectivity index (χ2n) is 13.5. The number of aromatic nitrogens is 3. The second kappa shape index (κ2) is 13.8. The minimum Gasteiger partial charge on any atom is -0.507 e. The molecule has 0 radical (unpaired) electrons. The Kier molecular flexibility index (Phi) is 8.79. The van der Waals surface area contributed by atoms with Crippen LogP contribution in [0.2, 0.25) is 0 Å². The van der Waals surface area contributed by atoms with Crippen LogP contribution in [-0.2, 0) is 5.41 Å². The summed E-state index contributed by atoms with van der Waals surface area (Å²) in [6.45, 7) is 4.94. The summed E-state index contributed by atoms with van der Waals surface area (Å²) in [5, 5.41) is 13.3. The highest BCUT2D eigenvalue weighted by molar-refractivity contribution is 6.04. The maximum Gasteiger partial charge on any atom is 0.320 e. The van der Waals surface area contributed by atoms with Gasteiger partial charge in [-0.1, -0.05) is 154 Å². The molecule has 5 heteroatoms. The van der Waals surface area contributed by atoms with Crippen molar-refractivity contribution in [2.45, 2.75) is 44.9 Å². The number of nitrogens with zero attached hydrogens (tertiary/aromatic N) is 3. The highest BCUT2D eigenvalue weighted by Gasteiger charge is 2.46. The number of hydrogen-bond donors (Lipinski definition) is 1. The molecule has 7 aromatic rings. The molecule has 8 rings (SSSR count). The van der Waals surface area contributed by atoms with Gasteiger partial charge >= 0.3 is 6.01 Å². The number of benzene rings is 6. The predicted molar refractivity (Wildman–Crippen MR) is 206 cm³/mol. The Morgan fingerprint density at radius 3 is 2.06 bits per heavy atom. The lowest BCUT2D eigenvalue weighted by Crippen LogP contribution is -2.28. The average Bonchev–Trinajstić information content (AvgIpc) is 3.49. The fraction of sp³-hybridized carbons (Fsp3) is 0.196. The molecule has 1 aliphatic carbocycles. The monoisotopic (exact) mass is 667 g/mol. The highest BCUT2D eigenvalue weighted by atomic mass is 16.5. The molecule has 1 atom stereocenters. The summed E-state index contributed by atoms with van der Waals surface area (Å²) < 4.78 is 6.35. The van der Waals surface area contributed by atoms with E-state index in [9.17, 15) is 5.11 Å². The van der Waals surface area contributed by atoms with Gasteiger partial charge in [0.05, 0.1) is 17.6 Å². The summed E-state index contributed by atoms with van der Waals surface area (Å²) in [4.78, 5) is 14.7. The summed E-state index contributed by atoms with van der Waals surface area (Å²) in [6.07, 6.45) is 4.42. The standard InChI is InChI=1S/C46H41N3O2/c1-3-5-16-31(4-2)30-51-45-48-43(47-44(49-45)38-23-14-15-24-41(38)50)33-25-27-37-40(29-33)46(34-18-8-6-9-19-34,35-20-10-7-11-21-35)39-28-26-32-17-12-13-22-36(32)42(37)39/h6-15,17-29,31,50H,3-5,16,30H2,1-2H3. The van der Waals surface area contributed by atoms with Crippen molar-refractivity contribution >= 4 is 10.8 Å². The highest BCUT2D eigenvalue weighted by Crippen LogP contribution is 2.58. The van der Waals surface area contributed by atoms with E-state index in [1.807, 2.05) is 12.1 Å². The zero-order valence-electron chi connectivity index (χ0n) is 29.1. The summed E-state index contributed by atoms with van der Waals surface area (Å²) in [7, 11) is 0. The number of aromatic hydroxyl groups is 1. The molecule has 0 saturated carbocycles. The van der Waals surface area contributed by atoms with Crippen molar-refractivity contribution in [1.82, 2.24) is 15.0 Å². The zero-order valence-corrected chi connectivity index (χ0v) is 29.1. The van der Waals surface area contributed by atoms with E-state index in [1.165, 1.54) is 44.2 Å². The van der Waals surface area contributed by atoms with Crippen LogP contribution >= 0.6 is 0 Å². The Balaban J connectivity index is 1.36. The van der Waals surface area contributed by atoms with Crippen LogP contribution in [0.1, 0.15) is 61.8 Å². The van der Waals surface area contributed by atoms with E-state index >= 15 is 0 Å². The van der Waals surface area contributed by atoms with Gasteiger partial charge in [0.15, 0.2) is 11.6 Å². The lowest BCUT2D eigenvalue weighted by molar-refractivity contribution is 0.217. The van der Waals surface area contributed by atoms with Gasteiger partial charge in [-0.3, -0.25) is 0 Å². The van der Waals surface area contributed by atoms with Crippen molar-refractivity contribution in [3.63, 3.8) is 0 Å². The Morgan fingerprint density at radius 2 is 1.33 bits per heavy atom. The normalized spacial score (nSPS) is 13.5. The van der Waals surface area contributed by atoms with Gasteiger partial charge in [0.1, 0.15) is 5.75 Å². The number of fused-ring (bicyclic) bond motifs is 5. The summed E-state index contributed by atoms with van der Waals surface area (Å²) >= 11 is 0. The van der Waals surface area contributed by atoms with E-state index in [0.29, 0.717) is 29.7 Å². The smallest absolute Gasteiger partial charge is 0.320 e. The lowest BCUT2D eigenvalue weighted by Gasteiger charge is -2.34. The first kappa shape index (κ1) is 32.4. The average molecular weight is 668 g/mol. The van der Waals surface area contributed by atoms with Gasteiger partial charge in [0.2, 0.25) is 0 Å². The molecule has 5 nitrogen and oxygen atoms in total. The molecule has 1 unspecified atom stereocenters. The van der Waals surface area contributed by atoms with Crippen molar-refractivity contribution in [2.75, 3.05) is 6.61 Å². The first-order valence-electron chi connectivity index (χ1n) is 18.1. The molecule has 1 heterocycles. The van der Waals surface area contributed by atoms with Crippen LogP contribution < -0.4 is 4.74 Å². The quantitative estimate of drug-likeness (QED) is 0.149. The summed E-state index contributed by atoms with van der Waals surface area (Å²) in [5.74, 6) is 1.39. The number of hydrogen-bond acceptors (Lipinski definition) is 5. The van der Waals surface area contributed by atoms with Gasteiger partial charge in [-0.2, -0.15) is 9.97 Å². The van der Waals surface area contributed by atoms with Crippen molar-refractivity contribution in [3.05, 3.63) is 162 Å². The van der Waals surface area contributed by atoms with Gasteiger partial charge in [0.25, 0.3) is 0 Å². The van der Waals surface area contributed by atoms with Crippen LogP contribution in [0.15, 0.2) is 140 Å². The first-order chi connectivity index (χ1) is 25.1. The summed E-state index contributed by atoms with van der Waals surface area (Å²) in [6, 6.07) is 48.8. The van der Waals surface area contributed by atoms with Gasteiger partial charge in [-0.15, -0.1) is 0 Å². The fourth-order valence-electron chi connectivity index (χ4n) is 7.82. The van der Waals surface area contributed by atoms with Gasteiger partial charge in [0, 0.05) is 5.56 Å². The molecule has 1 aliphatic rings. The van der Waals surface area contributed by atoms with Crippen molar-refractivity contribution < 1.29 is 9.84 Å². The van der Waals surface area contributed by atoms with Crippen LogP contribution in [0.25, 0.3) is 44.7 Å². The molecular weight excluding hydrogens is 627 g/mol. The molecule has 0 spiro atoms. The van der Waals surface area contributed by atoms with Gasteiger partial charge < -0.3 is 9.84 Å². The SMILES string of the molecule is CCCCC(CC)COc1nc(-c2ccc3c(c2)C(c2ccccc2)(c2ccccc2)c2ccc4ccccc4c2-3)nc(-c2ccccc2O)n1. The molecular formula is C46H41N3O2.